The number of hydrogen-bond acceptors (Lipinski definition) is 1. The van der Waals surface area contributed by atoms with Gasteiger partial charge in [0.15, 0.2) is 0 Å². The molecule has 1 saturated carbocycles. The van der Waals surface area contributed by atoms with Crippen molar-refractivity contribution < 1.29 is 0 Å². The van der Waals surface area contributed by atoms with Gasteiger partial charge in [0, 0.05) is 6.04 Å². The van der Waals surface area contributed by atoms with E-state index in [1.807, 2.05) is 0 Å². The van der Waals surface area contributed by atoms with Gasteiger partial charge in [0.05, 0.1) is 0 Å². The molecule has 1 fully saturated rings. The van der Waals surface area contributed by atoms with Gasteiger partial charge in [0.25, 0.3) is 0 Å². The van der Waals surface area contributed by atoms with Crippen molar-refractivity contribution in [2.45, 2.75) is 39.2 Å². The van der Waals surface area contributed by atoms with Gasteiger partial charge in [-0.3, -0.25) is 0 Å². The molecule has 0 aliphatic heterocycles. The van der Waals surface area contributed by atoms with E-state index >= 15 is 0 Å². The van der Waals surface area contributed by atoms with Crippen LogP contribution in [-0.4, -0.2) is 6.04 Å². The third-order valence-electron chi connectivity index (χ3n) is 2.68. The standard InChI is InChI=1S/C10H19N/c1-3-4-5-10(11)8(2)9-6-7-9/h3-4,8-10H,5-7,11H2,1-2H3/b4-3-. The normalized spacial score (nSPS) is 23.9. The van der Waals surface area contributed by atoms with Gasteiger partial charge in [-0.05, 0) is 38.0 Å². The van der Waals surface area contributed by atoms with Gasteiger partial charge in [-0.25, -0.2) is 0 Å². The SMILES string of the molecule is C/C=C\CC(N)C(C)C1CC1. The van der Waals surface area contributed by atoms with Crippen molar-refractivity contribution in [3.8, 4) is 0 Å². The second-order valence-corrected chi connectivity index (χ2v) is 3.67. The van der Waals surface area contributed by atoms with E-state index in [-0.39, 0.29) is 0 Å². The van der Waals surface area contributed by atoms with Crippen LogP contribution in [0.1, 0.15) is 33.1 Å². The van der Waals surface area contributed by atoms with Crippen molar-refractivity contribution in [2.24, 2.45) is 17.6 Å². The van der Waals surface area contributed by atoms with Crippen LogP contribution in [-0.2, 0) is 0 Å². The second-order valence-electron chi connectivity index (χ2n) is 3.67. The Bertz CT molecular complexity index is 136. The molecule has 11 heavy (non-hydrogen) atoms. The molecule has 1 nitrogen and oxygen atoms in total. The van der Waals surface area contributed by atoms with E-state index in [0.717, 1.165) is 18.3 Å². The Balaban J connectivity index is 2.21. The number of rotatable bonds is 4. The second kappa shape index (κ2) is 3.91. The highest BCUT2D eigenvalue weighted by atomic mass is 14.7. The molecule has 1 aliphatic rings. The largest absolute Gasteiger partial charge is 0.327 e. The summed E-state index contributed by atoms with van der Waals surface area (Å²) in [7, 11) is 0. The molecule has 0 spiro atoms. The molecule has 2 unspecified atom stereocenters. The van der Waals surface area contributed by atoms with Crippen LogP contribution in [0.3, 0.4) is 0 Å². The maximum Gasteiger partial charge on any atom is 0.0102 e. The Kier molecular flexibility index (Phi) is 3.13. The highest BCUT2D eigenvalue weighted by Crippen LogP contribution is 2.38. The zero-order valence-electron chi connectivity index (χ0n) is 7.59. The summed E-state index contributed by atoms with van der Waals surface area (Å²) in [6.45, 7) is 4.33. The van der Waals surface area contributed by atoms with E-state index in [1.165, 1.54) is 12.8 Å². The summed E-state index contributed by atoms with van der Waals surface area (Å²) in [5, 5.41) is 0. The molecule has 1 aliphatic carbocycles. The number of nitrogens with two attached hydrogens (primary N) is 1. The summed E-state index contributed by atoms with van der Waals surface area (Å²) in [4.78, 5) is 0. The minimum Gasteiger partial charge on any atom is -0.327 e. The highest BCUT2D eigenvalue weighted by molar-refractivity contribution is 4.90. The smallest absolute Gasteiger partial charge is 0.0102 e. The quantitative estimate of drug-likeness (QED) is 0.616. The average Bonchev–Trinajstić information content (AvgIpc) is 2.81. The summed E-state index contributed by atoms with van der Waals surface area (Å²) in [6, 6.07) is 0.388. The molecule has 0 amide bonds. The zero-order valence-corrected chi connectivity index (χ0v) is 7.59. The summed E-state index contributed by atoms with van der Waals surface area (Å²) in [6.07, 6.45) is 8.12. The topological polar surface area (TPSA) is 26.0 Å². The van der Waals surface area contributed by atoms with Crippen molar-refractivity contribution in [3.63, 3.8) is 0 Å². The van der Waals surface area contributed by atoms with Crippen molar-refractivity contribution in [1.29, 1.82) is 0 Å². The summed E-state index contributed by atoms with van der Waals surface area (Å²) >= 11 is 0. The Hall–Kier alpha value is -0.300. The monoisotopic (exact) mass is 153 g/mol. The van der Waals surface area contributed by atoms with Crippen molar-refractivity contribution in [2.75, 3.05) is 0 Å². The molecule has 64 valence electrons. The third kappa shape index (κ3) is 2.66. The van der Waals surface area contributed by atoms with Crippen LogP contribution in [0.15, 0.2) is 12.2 Å². The van der Waals surface area contributed by atoms with Crippen LogP contribution in [0.25, 0.3) is 0 Å². The molecule has 0 bridgehead atoms. The van der Waals surface area contributed by atoms with Gasteiger partial charge in [-0.2, -0.15) is 0 Å². The van der Waals surface area contributed by atoms with Crippen LogP contribution < -0.4 is 5.73 Å². The van der Waals surface area contributed by atoms with Crippen LogP contribution in [0.5, 0.6) is 0 Å². The number of hydrogen-bond donors (Lipinski definition) is 1. The molecule has 0 radical (unpaired) electrons. The van der Waals surface area contributed by atoms with Crippen LogP contribution >= 0.6 is 0 Å². The van der Waals surface area contributed by atoms with E-state index in [9.17, 15) is 0 Å². The average molecular weight is 153 g/mol. The van der Waals surface area contributed by atoms with E-state index in [1.54, 1.807) is 0 Å². The van der Waals surface area contributed by atoms with Crippen molar-refractivity contribution in [3.05, 3.63) is 12.2 Å². The van der Waals surface area contributed by atoms with Gasteiger partial charge < -0.3 is 5.73 Å². The van der Waals surface area contributed by atoms with Crippen LogP contribution in [0, 0.1) is 11.8 Å². The highest BCUT2D eigenvalue weighted by Gasteiger charge is 2.30. The van der Waals surface area contributed by atoms with Crippen LogP contribution in [0.4, 0.5) is 0 Å². The molecule has 0 heterocycles. The fraction of sp³-hybridized carbons (Fsp3) is 0.800. The fourth-order valence-electron chi connectivity index (χ4n) is 1.48. The molecule has 0 aromatic carbocycles. The molecular formula is C10H19N. The molecule has 0 aromatic heterocycles. The molecule has 1 heteroatoms. The van der Waals surface area contributed by atoms with E-state index in [4.69, 9.17) is 5.73 Å². The summed E-state index contributed by atoms with van der Waals surface area (Å²) < 4.78 is 0. The van der Waals surface area contributed by atoms with E-state index in [2.05, 4.69) is 26.0 Å². The first-order chi connectivity index (χ1) is 5.25. The number of allylic oxidation sites excluding steroid dienone is 1. The van der Waals surface area contributed by atoms with Gasteiger partial charge in [0.2, 0.25) is 0 Å². The molecular weight excluding hydrogens is 134 g/mol. The third-order valence-corrected chi connectivity index (χ3v) is 2.68. The summed E-state index contributed by atoms with van der Waals surface area (Å²) in [5.41, 5.74) is 5.99. The lowest BCUT2D eigenvalue weighted by Crippen LogP contribution is -2.28. The lowest BCUT2D eigenvalue weighted by molar-refractivity contribution is 0.408. The van der Waals surface area contributed by atoms with Crippen LogP contribution in [0.2, 0.25) is 0 Å². The minimum absolute atomic E-state index is 0.388. The first-order valence-electron chi connectivity index (χ1n) is 4.62. The maximum absolute atomic E-state index is 5.99. The van der Waals surface area contributed by atoms with Gasteiger partial charge >= 0.3 is 0 Å². The Morgan fingerprint density at radius 3 is 2.64 bits per heavy atom. The minimum atomic E-state index is 0.388. The Labute approximate surface area is 69.7 Å². The first-order valence-corrected chi connectivity index (χ1v) is 4.62. The van der Waals surface area contributed by atoms with E-state index < -0.39 is 0 Å². The van der Waals surface area contributed by atoms with Gasteiger partial charge in [-0.15, -0.1) is 0 Å². The lowest BCUT2D eigenvalue weighted by atomic mass is 9.95. The molecule has 1 rings (SSSR count). The molecule has 0 saturated heterocycles. The van der Waals surface area contributed by atoms with Crippen molar-refractivity contribution >= 4 is 0 Å². The Morgan fingerprint density at radius 2 is 2.18 bits per heavy atom. The van der Waals surface area contributed by atoms with Gasteiger partial charge in [-0.1, -0.05) is 19.1 Å². The lowest BCUT2D eigenvalue weighted by Gasteiger charge is -2.17. The fourth-order valence-corrected chi connectivity index (χ4v) is 1.48. The molecule has 0 aromatic rings. The van der Waals surface area contributed by atoms with E-state index in [0.29, 0.717) is 6.04 Å². The predicted octanol–water partition coefficient (Wildman–Crippen LogP) is 2.33. The zero-order chi connectivity index (χ0) is 8.27. The maximum atomic E-state index is 5.99. The van der Waals surface area contributed by atoms with Gasteiger partial charge in [0.1, 0.15) is 0 Å². The summed E-state index contributed by atoms with van der Waals surface area (Å²) in [5.74, 6) is 1.67. The molecule has 2 N–H and O–H groups in total. The first kappa shape index (κ1) is 8.79. The molecule has 2 atom stereocenters. The van der Waals surface area contributed by atoms with Crippen molar-refractivity contribution in [1.82, 2.24) is 0 Å². The Morgan fingerprint density at radius 1 is 1.55 bits per heavy atom. The predicted molar refractivity (Wildman–Crippen MR) is 49.3 cm³/mol.